The molecule has 3 aromatic rings. The van der Waals surface area contributed by atoms with Crippen molar-refractivity contribution < 1.29 is 0 Å². The second-order valence-corrected chi connectivity index (χ2v) is 4.81. The van der Waals surface area contributed by atoms with Gasteiger partial charge in [-0.3, -0.25) is 4.79 Å². The summed E-state index contributed by atoms with van der Waals surface area (Å²) >= 11 is 0. The Morgan fingerprint density at radius 2 is 1.70 bits per heavy atom. The van der Waals surface area contributed by atoms with Crippen LogP contribution in [0.15, 0.2) is 65.5 Å². The maximum atomic E-state index is 12.1. The van der Waals surface area contributed by atoms with Gasteiger partial charge in [-0.25, -0.2) is 0 Å². The molecule has 0 atom stereocenters. The van der Waals surface area contributed by atoms with E-state index in [-0.39, 0.29) is 5.43 Å². The lowest BCUT2D eigenvalue weighted by atomic mass is 10.2. The second kappa shape index (κ2) is 5.21. The average Bonchev–Trinajstić information content (AvgIpc) is 2.50. The third-order valence-corrected chi connectivity index (χ3v) is 3.48. The van der Waals surface area contributed by atoms with Crippen molar-refractivity contribution in [3.8, 4) is 0 Å². The number of hydrogen-bond donors (Lipinski definition) is 1. The first-order valence-corrected chi connectivity index (χ1v) is 6.62. The summed E-state index contributed by atoms with van der Waals surface area (Å²) in [7, 11) is 1.97. The predicted octanol–water partition coefficient (Wildman–Crippen LogP) is 3.15. The molecule has 0 aliphatic rings. The van der Waals surface area contributed by atoms with Crippen molar-refractivity contribution in [3.05, 3.63) is 76.5 Å². The summed E-state index contributed by atoms with van der Waals surface area (Å²) in [6.45, 7) is 0.701. The zero-order valence-electron chi connectivity index (χ0n) is 11.3. The van der Waals surface area contributed by atoms with Gasteiger partial charge in [0.25, 0.3) is 0 Å². The summed E-state index contributed by atoms with van der Waals surface area (Å²) in [5.74, 6) is 0.831. The number of anilines is 1. The standard InChI is InChI=1S/C17H16N2O/c1-19-15-10-6-5-9-14(15)16(20)11-17(19)18-12-13-7-3-2-4-8-13/h2-11,18H,12H2,1H3. The lowest BCUT2D eigenvalue weighted by Gasteiger charge is -2.14. The van der Waals surface area contributed by atoms with Crippen molar-refractivity contribution in [1.29, 1.82) is 0 Å². The number of aryl methyl sites for hydroxylation is 1. The molecule has 20 heavy (non-hydrogen) atoms. The minimum atomic E-state index is 0.0502. The van der Waals surface area contributed by atoms with Crippen LogP contribution in [-0.2, 0) is 13.6 Å². The van der Waals surface area contributed by atoms with Gasteiger partial charge >= 0.3 is 0 Å². The molecule has 0 fully saturated rings. The molecule has 3 rings (SSSR count). The van der Waals surface area contributed by atoms with Crippen LogP contribution in [0.4, 0.5) is 5.82 Å². The van der Waals surface area contributed by atoms with Crippen molar-refractivity contribution in [1.82, 2.24) is 4.57 Å². The summed E-state index contributed by atoms with van der Waals surface area (Å²) in [6, 6.07) is 19.5. The van der Waals surface area contributed by atoms with E-state index in [1.54, 1.807) is 6.07 Å². The monoisotopic (exact) mass is 264 g/mol. The van der Waals surface area contributed by atoms with Crippen LogP contribution in [0.2, 0.25) is 0 Å². The molecule has 0 amide bonds. The third kappa shape index (κ3) is 2.30. The van der Waals surface area contributed by atoms with Crippen LogP contribution in [-0.4, -0.2) is 4.57 Å². The van der Waals surface area contributed by atoms with Gasteiger partial charge in [0.15, 0.2) is 5.43 Å². The summed E-state index contributed by atoms with van der Waals surface area (Å²) in [6.07, 6.45) is 0. The summed E-state index contributed by atoms with van der Waals surface area (Å²) in [5, 5.41) is 4.08. The van der Waals surface area contributed by atoms with Gasteiger partial charge < -0.3 is 9.88 Å². The third-order valence-electron chi connectivity index (χ3n) is 3.48. The summed E-state index contributed by atoms with van der Waals surface area (Å²) < 4.78 is 2.01. The van der Waals surface area contributed by atoms with E-state index in [1.807, 2.05) is 54.1 Å². The summed E-state index contributed by atoms with van der Waals surface area (Å²) in [5.41, 5.74) is 2.18. The predicted molar refractivity (Wildman–Crippen MR) is 83.0 cm³/mol. The van der Waals surface area contributed by atoms with Crippen LogP contribution < -0.4 is 10.7 Å². The van der Waals surface area contributed by atoms with Gasteiger partial charge in [-0.2, -0.15) is 0 Å². The Labute approximate surface area is 117 Å². The molecule has 1 aromatic heterocycles. The molecular weight excluding hydrogens is 248 g/mol. The van der Waals surface area contributed by atoms with Gasteiger partial charge in [0.1, 0.15) is 5.82 Å². The lowest BCUT2D eigenvalue weighted by Crippen LogP contribution is -2.13. The molecule has 0 aliphatic carbocycles. The van der Waals surface area contributed by atoms with E-state index in [1.165, 1.54) is 5.56 Å². The van der Waals surface area contributed by atoms with E-state index in [4.69, 9.17) is 0 Å². The van der Waals surface area contributed by atoms with Crippen LogP contribution in [0.5, 0.6) is 0 Å². The maximum absolute atomic E-state index is 12.1. The number of pyridine rings is 1. The number of nitrogens with one attached hydrogen (secondary N) is 1. The fraction of sp³-hybridized carbons (Fsp3) is 0.118. The van der Waals surface area contributed by atoms with Crippen LogP contribution >= 0.6 is 0 Å². The number of para-hydroxylation sites is 1. The van der Waals surface area contributed by atoms with Crippen LogP contribution in [0.3, 0.4) is 0 Å². The number of benzene rings is 2. The Morgan fingerprint density at radius 1 is 1.00 bits per heavy atom. The van der Waals surface area contributed by atoms with E-state index in [0.717, 1.165) is 16.7 Å². The SMILES string of the molecule is Cn1c(NCc2ccccc2)cc(=O)c2ccccc21. The van der Waals surface area contributed by atoms with Crippen molar-refractivity contribution in [2.45, 2.75) is 6.54 Å². The van der Waals surface area contributed by atoms with Gasteiger partial charge in [0.2, 0.25) is 0 Å². The molecular formula is C17H16N2O. The van der Waals surface area contributed by atoms with E-state index in [2.05, 4.69) is 17.4 Å². The Bertz CT molecular complexity index is 791. The first kappa shape index (κ1) is 12.5. The van der Waals surface area contributed by atoms with E-state index in [0.29, 0.717) is 6.54 Å². The molecule has 0 spiro atoms. The molecule has 1 heterocycles. The molecule has 0 unspecified atom stereocenters. The fourth-order valence-corrected chi connectivity index (χ4v) is 2.36. The van der Waals surface area contributed by atoms with E-state index in [9.17, 15) is 4.79 Å². The van der Waals surface area contributed by atoms with Gasteiger partial charge in [-0.1, -0.05) is 42.5 Å². The zero-order chi connectivity index (χ0) is 13.9. The molecule has 3 heteroatoms. The Balaban J connectivity index is 1.96. The van der Waals surface area contributed by atoms with Crippen molar-refractivity contribution in [2.75, 3.05) is 5.32 Å². The quantitative estimate of drug-likeness (QED) is 0.788. The van der Waals surface area contributed by atoms with Gasteiger partial charge in [0, 0.05) is 25.0 Å². The Hall–Kier alpha value is -2.55. The van der Waals surface area contributed by atoms with Crippen LogP contribution in [0.25, 0.3) is 10.9 Å². The zero-order valence-corrected chi connectivity index (χ0v) is 11.3. The fourth-order valence-electron chi connectivity index (χ4n) is 2.36. The number of hydrogen-bond acceptors (Lipinski definition) is 2. The molecule has 0 saturated carbocycles. The maximum Gasteiger partial charge on any atom is 0.191 e. The molecule has 100 valence electrons. The highest BCUT2D eigenvalue weighted by Crippen LogP contribution is 2.15. The average molecular weight is 264 g/mol. The number of nitrogens with zero attached hydrogens (tertiary/aromatic N) is 1. The summed E-state index contributed by atoms with van der Waals surface area (Å²) in [4.78, 5) is 12.1. The molecule has 0 saturated heterocycles. The van der Waals surface area contributed by atoms with Gasteiger partial charge in [0.05, 0.1) is 5.52 Å². The molecule has 0 aliphatic heterocycles. The van der Waals surface area contributed by atoms with Crippen LogP contribution in [0, 0.1) is 0 Å². The van der Waals surface area contributed by atoms with Gasteiger partial charge in [-0.05, 0) is 17.7 Å². The van der Waals surface area contributed by atoms with Crippen LogP contribution in [0.1, 0.15) is 5.56 Å². The van der Waals surface area contributed by atoms with Crippen molar-refractivity contribution >= 4 is 16.7 Å². The minimum absolute atomic E-state index is 0.0502. The minimum Gasteiger partial charge on any atom is -0.367 e. The van der Waals surface area contributed by atoms with Crippen molar-refractivity contribution in [3.63, 3.8) is 0 Å². The first-order chi connectivity index (χ1) is 9.75. The lowest BCUT2D eigenvalue weighted by molar-refractivity contribution is 0.932. The highest BCUT2D eigenvalue weighted by molar-refractivity contribution is 5.80. The highest BCUT2D eigenvalue weighted by atomic mass is 16.1. The normalized spacial score (nSPS) is 10.7. The van der Waals surface area contributed by atoms with E-state index < -0.39 is 0 Å². The van der Waals surface area contributed by atoms with Gasteiger partial charge in [-0.15, -0.1) is 0 Å². The largest absolute Gasteiger partial charge is 0.367 e. The Morgan fingerprint density at radius 3 is 2.50 bits per heavy atom. The molecule has 0 radical (unpaired) electrons. The number of rotatable bonds is 3. The topological polar surface area (TPSA) is 34.0 Å². The van der Waals surface area contributed by atoms with Crippen molar-refractivity contribution in [2.24, 2.45) is 7.05 Å². The number of aromatic nitrogens is 1. The smallest absolute Gasteiger partial charge is 0.191 e. The Kier molecular flexibility index (Phi) is 3.25. The van der Waals surface area contributed by atoms with E-state index >= 15 is 0 Å². The highest BCUT2D eigenvalue weighted by Gasteiger charge is 2.05. The molecule has 0 bridgehead atoms. The number of fused-ring (bicyclic) bond motifs is 1. The molecule has 3 nitrogen and oxygen atoms in total. The second-order valence-electron chi connectivity index (χ2n) is 4.81. The molecule has 1 N–H and O–H groups in total. The first-order valence-electron chi connectivity index (χ1n) is 6.62. The molecule has 2 aromatic carbocycles.